The van der Waals surface area contributed by atoms with Gasteiger partial charge in [0.25, 0.3) is 15.9 Å². The van der Waals surface area contributed by atoms with E-state index in [0.717, 1.165) is 143 Å². The van der Waals surface area contributed by atoms with E-state index in [1.165, 1.54) is 47.2 Å². The molecule has 3 amide bonds. The number of hydrogen-bond donors (Lipinski definition) is 8. The highest BCUT2D eigenvalue weighted by molar-refractivity contribution is 7.90. The van der Waals surface area contributed by atoms with Crippen molar-refractivity contribution in [1.29, 1.82) is 0 Å². The Labute approximate surface area is 603 Å². The Morgan fingerprint density at radius 1 is 0.851 bits per heavy atom. The number of β-amino-alcohol motifs (C(OH)–C–C–N with tert-alkyl or cyclic N) is 1. The number of unbranched alkanes of at least 4 members (excludes halogenated alkanes) is 4. The Hall–Kier alpha value is -7.61. The lowest BCUT2D eigenvalue weighted by molar-refractivity contribution is -0.142. The summed E-state index contributed by atoms with van der Waals surface area (Å²) in [5.41, 5.74) is 10.3. The molecule has 8 N–H and O–H groups in total. The maximum absolute atomic E-state index is 14.2. The summed E-state index contributed by atoms with van der Waals surface area (Å²) in [6.07, 6.45) is 15.5. The molecule has 3 saturated heterocycles. The van der Waals surface area contributed by atoms with Crippen LogP contribution in [0.5, 0.6) is 11.5 Å². The number of ether oxygens (including phenoxy) is 1. The molecule has 24 heteroatoms. The monoisotopic (exact) mass is 1430 g/mol. The van der Waals surface area contributed by atoms with Crippen LogP contribution in [0.25, 0.3) is 27.0 Å². The number of H-pyrrole nitrogens is 1. The van der Waals surface area contributed by atoms with Crippen LogP contribution in [0.15, 0.2) is 131 Å². The Bertz CT molecular complexity index is 4120. The number of amides is 3. The van der Waals surface area contributed by atoms with Crippen LogP contribution in [0.2, 0.25) is 5.02 Å². The number of allylic oxidation sites excluding steroid dienone is 1. The third kappa shape index (κ3) is 20.0. The van der Waals surface area contributed by atoms with Gasteiger partial charge < -0.3 is 56.1 Å². The molecule has 4 aliphatic rings. The predicted molar refractivity (Wildman–Crippen MR) is 403 cm³/mol. The van der Waals surface area contributed by atoms with Crippen molar-refractivity contribution in [2.45, 2.75) is 161 Å². The number of fused-ring (bicyclic) bond motifs is 1. The van der Waals surface area contributed by atoms with Crippen molar-refractivity contribution in [3.05, 3.63) is 153 Å². The number of carbonyl (C=O) groups excluding carboxylic acids is 3. The van der Waals surface area contributed by atoms with Gasteiger partial charge in [-0.25, -0.2) is 23.1 Å². The lowest BCUT2D eigenvalue weighted by atomic mass is 9.72. The number of benzene rings is 4. The summed E-state index contributed by atoms with van der Waals surface area (Å²) in [7, 11) is -4.49. The second-order valence-corrected chi connectivity index (χ2v) is 32.6. The molecule has 0 radical (unpaired) electrons. The summed E-state index contributed by atoms with van der Waals surface area (Å²) in [6, 6.07) is 28.1. The van der Waals surface area contributed by atoms with Crippen LogP contribution in [0.4, 0.5) is 17.1 Å². The van der Waals surface area contributed by atoms with Crippen LogP contribution in [0.1, 0.15) is 145 Å². The number of thiazole rings is 1. The van der Waals surface area contributed by atoms with Gasteiger partial charge in [-0.2, -0.15) is 0 Å². The van der Waals surface area contributed by atoms with Gasteiger partial charge in [0, 0.05) is 80.1 Å². The highest BCUT2D eigenvalue weighted by Crippen LogP contribution is 2.43. The average molecular weight is 1440 g/mol. The zero-order valence-corrected chi connectivity index (χ0v) is 61.6. The molecule has 101 heavy (non-hydrogen) atoms. The topological polar surface area (TPSA) is 268 Å². The Kier molecular flexibility index (Phi) is 25.2. The number of halogens is 1. The second-order valence-electron chi connectivity index (χ2n) is 29.7. The van der Waals surface area contributed by atoms with E-state index < -0.39 is 39.5 Å². The smallest absolute Gasteiger partial charge is 0.268 e. The number of hydrogen-bond acceptors (Lipinski definition) is 18. The van der Waals surface area contributed by atoms with Gasteiger partial charge in [0.2, 0.25) is 11.8 Å². The van der Waals surface area contributed by atoms with Gasteiger partial charge in [-0.3, -0.25) is 14.4 Å². The first-order valence-corrected chi connectivity index (χ1v) is 38.7. The normalized spacial score (nSPS) is 18.4. The number of anilines is 2. The number of aliphatic hydroxyl groups excluding tert-OH is 1. The molecule has 3 aliphatic heterocycles. The standard InChI is InChI=1S/C77H100ClN13O8S2/c1-51-70(100-50-86-51)55-14-12-52(13-15-55)46-85-74(94)68-42-61(92)49-91(68)75(95)71(76(2,3)4)81-31-10-8-7-9-11-35-89-36-28-60(29-37-89)90-38-26-53(27-39-90)45-83-66-23-21-63(43-67(66)87-96)101(97,98)88-73(93)64-22-20-59(41-69(64)99-62-40-56-25-32-82-72(56)84-48-62)80-34-33-79-47-57-24-30-77(5,6)44-65(57)54-16-18-58(78)19-17-54/h12-23,25,32,40-41,43,48,50,53,60-61,68,71,79-81,83,92H,7-11,24,26-31,33-39,42,44-47,49H2,1-6H3,(H,82,84)(H,85,94)(H,88,93)/t61-,68+,71-/m1/s1. The maximum Gasteiger partial charge on any atom is 0.268 e. The number of piperidine rings is 2. The minimum Gasteiger partial charge on any atom is -0.455 e. The fourth-order valence-electron chi connectivity index (χ4n) is 14.6. The molecular weight excluding hydrogens is 1330 g/mol. The van der Waals surface area contributed by atoms with Crippen LogP contribution >= 0.6 is 22.9 Å². The van der Waals surface area contributed by atoms with E-state index in [4.69, 9.17) is 16.3 Å². The van der Waals surface area contributed by atoms with Gasteiger partial charge in [-0.15, -0.1) is 16.2 Å². The lowest BCUT2D eigenvalue weighted by Crippen LogP contribution is -2.56. The molecule has 11 rings (SSSR count). The van der Waals surface area contributed by atoms with Crippen molar-refractivity contribution >= 4 is 84.4 Å². The minimum atomic E-state index is -4.49. The molecular formula is C77H100ClN13O8S2. The zero-order chi connectivity index (χ0) is 71.3. The fourth-order valence-corrected chi connectivity index (χ4v) is 16.5. The van der Waals surface area contributed by atoms with E-state index >= 15 is 0 Å². The SMILES string of the molecule is Cc1ncsc1-c1ccc(CNC(=O)[C@@H]2C[C@@H](O)CN2C(=O)[C@@H](NCCCCCCCN2CCC(N3CCC(CNc4ccc(S(=O)(=O)NC(=O)c5ccc(NCCNCC6=C(c7ccc(Cl)cc7)CC(C)(C)CC6)cc5Oc5cnc6[nH]ccc6c5)cc4N=O)CC3)CC2)C(C)(C)C)cc1. The summed E-state index contributed by atoms with van der Waals surface area (Å²) in [5, 5.41) is 32.4. The van der Waals surface area contributed by atoms with E-state index in [0.29, 0.717) is 72.5 Å². The molecule has 21 nitrogen and oxygen atoms in total. The van der Waals surface area contributed by atoms with E-state index in [2.05, 4.69) is 87.2 Å². The molecule has 3 fully saturated rings. The Balaban J connectivity index is 0.581. The van der Waals surface area contributed by atoms with E-state index in [1.54, 1.807) is 40.6 Å². The molecule has 0 saturated carbocycles. The van der Waals surface area contributed by atoms with Gasteiger partial charge in [0.15, 0.2) is 0 Å². The van der Waals surface area contributed by atoms with Gasteiger partial charge in [-0.1, -0.05) is 107 Å². The average Bonchev–Trinajstić information content (AvgIpc) is 1.78. The van der Waals surface area contributed by atoms with Gasteiger partial charge in [-0.05, 0) is 203 Å². The fraction of sp³-hybridized carbons (Fsp3) is 0.494. The van der Waals surface area contributed by atoms with E-state index in [1.807, 2.05) is 75.7 Å². The first-order valence-electron chi connectivity index (χ1n) is 36.0. The number of nitroso groups, excluding NO2 is 1. The number of sulfonamides is 1. The molecule has 0 spiro atoms. The highest BCUT2D eigenvalue weighted by Gasteiger charge is 2.44. The highest BCUT2D eigenvalue weighted by atomic mass is 35.5. The van der Waals surface area contributed by atoms with Crippen LogP contribution in [0, 0.1) is 28.6 Å². The quantitative estimate of drug-likeness (QED) is 0.0148. The summed E-state index contributed by atoms with van der Waals surface area (Å²) in [5.74, 6) is -0.508. The summed E-state index contributed by atoms with van der Waals surface area (Å²) in [6.45, 7) is 21.7. The van der Waals surface area contributed by atoms with E-state index in [9.17, 15) is 32.8 Å². The van der Waals surface area contributed by atoms with Crippen LogP contribution in [0.3, 0.4) is 0 Å². The molecule has 4 aromatic carbocycles. The Morgan fingerprint density at radius 3 is 2.35 bits per heavy atom. The molecule has 0 unspecified atom stereocenters. The first kappa shape index (κ1) is 74.6. The number of likely N-dealkylation sites (tertiary alicyclic amines) is 3. The minimum absolute atomic E-state index is 0.0281. The third-order valence-electron chi connectivity index (χ3n) is 20.5. The number of rotatable bonds is 31. The van der Waals surface area contributed by atoms with Crippen molar-refractivity contribution in [2.24, 2.45) is 21.9 Å². The Morgan fingerprint density at radius 2 is 1.60 bits per heavy atom. The number of carbonyl (C=O) groups is 3. The van der Waals surface area contributed by atoms with Gasteiger partial charge >= 0.3 is 0 Å². The molecule has 3 atom stereocenters. The number of aliphatic hydroxyl groups is 1. The maximum atomic E-state index is 14.2. The van der Waals surface area contributed by atoms with Gasteiger partial charge in [0.05, 0.1) is 50.6 Å². The van der Waals surface area contributed by atoms with Crippen molar-refractivity contribution in [1.82, 2.24) is 50.3 Å². The summed E-state index contributed by atoms with van der Waals surface area (Å²) >= 11 is 7.84. The molecule has 7 aromatic rings. The van der Waals surface area contributed by atoms with Gasteiger partial charge in [0.1, 0.15) is 28.9 Å². The van der Waals surface area contributed by atoms with Crippen molar-refractivity contribution in [3.63, 3.8) is 0 Å². The first-order chi connectivity index (χ1) is 48.6. The molecule has 0 bridgehead atoms. The molecule has 540 valence electrons. The number of nitrogens with one attached hydrogen (secondary N) is 7. The molecule has 3 aromatic heterocycles. The third-order valence-corrected chi connectivity index (χ3v) is 23.0. The van der Waals surface area contributed by atoms with Crippen LogP contribution in [-0.2, 0) is 26.2 Å². The molecule has 1 aliphatic carbocycles. The zero-order valence-electron chi connectivity index (χ0n) is 59.2. The largest absolute Gasteiger partial charge is 0.455 e. The number of nitrogens with zero attached hydrogens (tertiary/aromatic N) is 6. The lowest BCUT2D eigenvalue weighted by Gasteiger charge is -2.42. The summed E-state index contributed by atoms with van der Waals surface area (Å²) < 4.78 is 36.4. The van der Waals surface area contributed by atoms with Crippen molar-refractivity contribution in [2.75, 3.05) is 82.6 Å². The van der Waals surface area contributed by atoms with Crippen molar-refractivity contribution in [3.8, 4) is 21.9 Å². The number of aromatic amines is 1. The molecule has 6 heterocycles. The number of aromatic nitrogens is 3. The van der Waals surface area contributed by atoms with E-state index in [-0.39, 0.29) is 52.1 Å². The predicted octanol–water partition coefficient (Wildman–Crippen LogP) is 13.4. The number of aryl methyl sites for hydroxylation is 1. The van der Waals surface area contributed by atoms with Crippen molar-refractivity contribution < 1.29 is 32.6 Å². The van der Waals surface area contributed by atoms with Crippen LogP contribution in [-0.4, -0.2) is 157 Å². The number of pyridine rings is 1. The van der Waals surface area contributed by atoms with Crippen LogP contribution < -0.4 is 36.0 Å². The second kappa shape index (κ2) is 34.1. The summed E-state index contributed by atoms with van der Waals surface area (Å²) in [4.78, 5) is 73.6.